The van der Waals surface area contributed by atoms with Gasteiger partial charge < -0.3 is 4.57 Å². The van der Waals surface area contributed by atoms with E-state index in [9.17, 15) is 0 Å². The SMILES string of the molecule is c1ccc(-c2cc(-c3ccccc3)nc(-c3ccc(-n4c5cc(-c6cccc7c6c6ccccc6n7-c6ccccc6)ccc5c5cccnc54)cc3)n2)cc1. The molecule has 11 rings (SSSR count). The maximum Gasteiger partial charge on any atom is 0.160 e. The highest BCUT2D eigenvalue weighted by atomic mass is 15.0. The first-order valence-corrected chi connectivity index (χ1v) is 18.9. The van der Waals surface area contributed by atoms with E-state index in [4.69, 9.17) is 15.0 Å². The van der Waals surface area contributed by atoms with Crippen LogP contribution in [0.15, 0.2) is 200 Å². The Morgan fingerprint density at radius 3 is 1.70 bits per heavy atom. The van der Waals surface area contributed by atoms with E-state index in [0.717, 1.165) is 67.0 Å². The molecule has 0 atom stereocenters. The molecule has 5 nitrogen and oxygen atoms in total. The third kappa shape index (κ3) is 5.21. The maximum absolute atomic E-state index is 5.07. The van der Waals surface area contributed by atoms with Gasteiger partial charge in [-0.15, -0.1) is 0 Å². The summed E-state index contributed by atoms with van der Waals surface area (Å²) in [4.78, 5) is 15.1. The monoisotopic (exact) mass is 715 g/mol. The normalized spacial score (nSPS) is 11.6. The zero-order valence-corrected chi connectivity index (χ0v) is 30.3. The molecule has 0 aliphatic carbocycles. The van der Waals surface area contributed by atoms with Crippen LogP contribution in [0.5, 0.6) is 0 Å². The molecule has 0 aliphatic rings. The molecule has 5 heteroatoms. The second kappa shape index (κ2) is 13.0. The highest BCUT2D eigenvalue weighted by Crippen LogP contribution is 2.41. The van der Waals surface area contributed by atoms with E-state index in [1.165, 1.54) is 27.4 Å². The van der Waals surface area contributed by atoms with Gasteiger partial charge in [0.25, 0.3) is 0 Å². The van der Waals surface area contributed by atoms with Crippen LogP contribution in [0, 0.1) is 0 Å². The van der Waals surface area contributed by atoms with Crippen molar-refractivity contribution in [1.82, 2.24) is 24.1 Å². The molecule has 0 saturated carbocycles. The fourth-order valence-corrected chi connectivity index (χ4v) is 8.24. The number of nitrogens with zero attached hydrogens (tertiary/aromatic N) is 5. The van der Waals surface area contributed by atoms with E-state index >= 15 is 0 Å². The van der Waals surface area contributed by atoms with Gasteiger partial charge in [0.2, 0.25) is 0 Å². The number of fused-ring (bicyclic) bond motifs is 6. The molecule has 0 amide bonds. The van der Waals surface area contributed by atoms with E-state index in [0.29, 0.717) is 5.82 Å². The standard InChI is InChI=1S/C51H33N5/c1-4-14-34(15-5-1)44-33-45(35-16-6-2-7-17-35)54-50(53-44)36-25-28-39(29-26-36)56-48-32-37(27-30-41(48)42-22-13-31-52-51(42)56)40-21-12-24-47-49(40)43-20-10-11-23-46(43)55(47)38-18-8-3-9-19-38/h1-33H. The molecule has 0 unspecified atom stereocenters. The summed E-state index contributed by atoms with van der Waals surface area (Å²) in [7, 11) is 0. The minimum absolute atomic E-state index is 0.683. The number of pyridine rings is 1. The van der Waals surface area contributed by atoms with Crippen molar-refractivity contribution in [1.29, 1.82) is 0 Å². The topological polar surface area (TPSA) is 48.5 Å². The minimum Gasteiger partial charge on any atom is -0.309 e. The third-order valence-electron chi connectivity index (χ3n) is 10.8. The molecule has 0 radical (unpaired) electrons. The van der Waals surface area contributed by atoms with Crippen molar-refractivity contribution in [3.8, 4) is 56.4 Å². The van der Waals surface area contributed by atoms with Crippen molar-refractivity contribution in [2.75, 3.05) is 0 Å². The average Bonchev–Trinajstić information content (AvgIpc) is 3.80. The summed E-state index contributed by atoms with van der Waals surface area (Å²) in [5.41, 5.74) is 13.7. The molecular formula is C51H33N5. The molecule has 262 valence electrons. The van der Waals surface area contributed by atoms with E-state index in [1.807, 2.05) is 48.7 Å². The van der Waals surface area contributed by atoms with Gasteiger partial charge in [-0.05, 0) is 83.9 Å². The Labute approximate surface area is 323 Å². The minimum atomic E-state index is 0.683. The fraction of sp³-hybridized carbons (Fsp3) is 0. The van der Waals surface area contributed by atoms with Crippen LogP contribution in [0.2, 0.25) is 0 Å². The van der Waals surface area contributed by atoms with E-state index in [2.05, 4.69) is 161 Å². The van der Waals surface area contributed by atoms with Gasteiger partial charge in [-0.1, -0.05) is 121 Å². The number of rotatable bonds is 6. The van der Waals surface area contributed by atoms with Gasteiger partial charge in [0.1, 0.15) is 5.65 Å². The number of benzene rings is 7. The number of para-hydroxylation sites is 2. The largest absolute Gasteiger partial charge is 0.309 e. The quantitative estimate of drug-likeness (QED) is 0.172. The van der Waals surface area contributed by atoms with Gasteiger partial charge in [0.05, 0.1) is 27.9 Å². The summed E-state index contributed by atoms with van der Waals surface area (Å²) in [5, 5.41) is 4.74. The third-order valence-corrected chi connectivity index (χ3v) is 10.8. The van der Waals surface area contributed by atoms with Gasteiger partial charge in [0, 0.05) is 55.8 Å². The molecular weight excluding hydrogens is 683 g/mol. The Morgan fingerprint density at radius 2 is 0.964 bits per heavy atom. The van der Waals surface area contributed by atoms with Crippen molar-refractivity contribution in [3.63, 3.8) is 0 Å². The lowest BCUT2D eigenvalue weighted by Gasteiger charge is -2.12. The van der Waals surface area contributed by atoms with Crippen molar-refractivity contribution >= 4 is 43.7 Å². The molecule has 0 aliphatic heterocycles. The van der Waals surface area contributed by atoms with Gasteiger partial charge in [-0.25, -0.2) is 15.0 Å². The number of hydrogen-bond acceptors (Lipinski definition) is 3. The van der Waals surface area contributed by atoms with Crippen LogP contribution in [0.1, 0.15) is 0 Å². The maximum atomic E-state index is 5.07. The lowest BCUT2D eigenvalue weighted by molar-refractivity contribution is 1.13. The van der Waals surface area contributed by atoms with Gasteiger partial charge >= 0.3 is 0 Å². The van der Waals surface area contributed by atoms with Crippen LogP contribution >= 0.6 is 0 Å². The lowest BCUT2D eigenvalue weighted by atomic mass is 9.98. The van der Waals surface area contributed by atoms with Crippen LogP contribution in [0.25, 0.3) is 100 Å². The van der Waals surface area contributed by atoms with E-state index < -0.39 is 0 Å². The summed E-state index contributed by atoms with van der Waals surface area (Å²) in [6.07, 6.45) is 1.88. The Hall–Kier alpha value is -7.63. The molecule has 11 aromatic rings. The van der Waals surface area contributed by atoms with Crippen molar-refractivity contribution in [3.05, 3.63) is 200 Å². The van der Waals surface area contributed by atoms with Crippen LogP contribution < -0.4 is 0 Å². The summed E-state index contributed by atoms with van der Waals surface area (Å²) in [6, 6.07) is 68.2. The van der Waals surface area contributed by atoms with Gasteiger partial charge in [-0.2, -0.15) is 0 Å². The molecule has 0 N–H and O–H groups in total. The summed E-state index contributed by atoms with van der Waals surface area (Å²) >= 11 is 0. The number of hydrogen-bond donors (Lipinski definition) is 0. The zero-order valence-electron chi connectivity index (χ0n) is 30.3. The summed E-state index contributed by atoms with van der Waals surface area (Å²) in [6.45, 7) is 0. The highest BCUT2D eigenvalue weighted by Gasteiger charge is 2.19. The Bertz CT molecular complexity index is 3160. The first kappa shape index (κ1) is 31.9. The molecule has 4 heterocycles. The molecule has 0 fully saturated rings. The lowest BCUT2D eigenvalue weighted by Crippen LogP contribution is -1.98. The van der Waals surface area contributed by atoms with E-state index in [1.54, 1.807) is 0 Å². The van der Waals surface area contributed by atoms with Crippen molar-refractivity contribution < 1.29 is 0 Å². The second-order valence-corrected chi connectivity index (χ2v) is 14.1. The molecule has 0 spiro atoms. The Morgan fingerprint density at radius 1 is 0.357 bits per heavy atom. The average molecular weight is 716 g/mol. The first-order valence-electron chi connectivity index (χ1n) is 18.9. The fourth-order valence-electron chi connectivity index (χ4n) is 8.24. The molecule has 0 saturated heterocycles. The summed E-state index contributed by atoms with van der Waals surface area (Å²) < 4.78 is 4.65. The predicted octanol–water partition coefficient (Wildman–Crippen LogP) is 12.7. The Balaban J connectivity index is 1.07. The summed E-state index contributed by atoms with van der Waals surface area (Å²) in [5.74, 6) is 0.683. The molecule has 7 aromatic carbocycles. The molecule has 4 aromatic heterocycles. The van der Waals surface area contributed by atoms with Crippen LogP contribution in [0.4, 0.5) is 0 Å². The van der Waals surface area contributed by atoms with Crippen molar-refractivity contribution in [2.45, 2.75) is 0 Å². The van der Waals surface area contributed by atoms with Crippen LogP contribution in [0.3, 0.4) is 0 Å². The predicted molar refractivity (Wildman–Crippen MR) is 230 cm³/mol. The molecule has 0 bridgehead atoms. The van der Waals surface area contributed by atoms with E-state index in [-0.39, 0.29) is 0 Å². The zero-order chi connectivity index (χ0) is 37.0. The van der Waals surface area contributed by atoms with Crippen LogP contribution in [-0.4, -0.2) is 24.1 Å². The van der Waals surface area contributed by atoms with Gasteiger partial charge in [0.15, 0.2) is 5.82 Å². The van der Waals surface area contributed by atoms with Crippen LogP contribution in [-0.2, 0) is 0 Å². The highest BCUT2D eigenvalue weighted by molar-refractivity contribution is 6.17. The first-order chi connectivity index (χ1) is 27.8. The van der Waals surface area contributed by atoms with Crippen molar-refractivity contribution in [2.24, 2.45) is 0 Å². The second-order valence-electron chi connectivity index (χ2n) is 14.1. The smallest absolute Gasteiger partial charge is 0.160 e. The molecule has 56 heavy (non-hydrogen) atoms. The van der Waals surface area contributed by atoms with Gasteiger partial charge in [-0.3, -0.25) is 4.57 Å². The number of aromatic nitrogens is 5. The Kier molecular flexibility index (Phi) is 7.42.